The molecule has 2 heteroatoms. The lowest BCUT2D eigenvalue weighted by Gasteiger charge is -2.50. The highest BCUT2D eigenvalue weighted by Gasteiger charge is 2.58. The van der Waals surface area contributed by atoms with Crippen LogP contribution < -0.4 is 0 Å². The first-order valence-corrected chi connectivity index (χ1v) is 12.8. The largest absolute Gasteiger partial charge is 0.377 e. The van der Waals surface area contributed by atoms with Crippen LogP contribution in [0.5, 0.6) is 0 Å². The number of aliphatic hydroxyl groups is 2. The molecule has 0 saturated heterocycles. The van der Waals surface area contributed by atoms with Crippen LogP contribution in [0.4, 0.5) is 0 Å². The SMILES string of the molecule is C=CC1=C(C)C(C)=C(/C=C\CC)C(O)(c2ccc(C)cc2)C1(O)C(/C=C\C(=C)C)=C/C.CC.CC. The van der Waals surface area contributed by atoms with Crippen LogP contribution in [-0.2, 0) is 5.60 Å². The predicted octanol–water partition coefficient (Wildman–Crippen LogP) is 8.84. The first-order valence-electron chi connectivity index (χ1n) is 12.8. The number of hydrogen-bond donors (Lipinski definition) is 2. The van der Waals surface area contributed by atoms with E-state index in [1.54, 1.807) is 6.08 Å². The minimum Gasteiger partial charge on any atom is -0.377 e. The molecule has 192 valence electrons. The molecule has 0 saturated carbocycles. The predicted molar refractivity (Wildman–Crippen MR) is 155 cm³/mol. The summed E-state index contributed by atoms with van der Waals surface area (Å²) in [5, 5.41) is 25.1. The molecule has 2 nitrogen and oxygen atoms in total. The molecule has 0 fully saturated rings. The number of benzene rings is 1. The molecule has 1 aromatic carbocycles. The maximum absolute atomic E-state index is 12.6. The van der Waals surface area contributed by atoms with E-state index < -0.39 is 11.2 Å². The summed E-state index contributed by atoms with van der Waals surface area (Å²) in [4.78, 5) is 0. The van der Waals surface area contributed by atoms with E-state index in [4.69, 9.17) is 0 Å². The summed E-state index contributed by atoms with van der Waals surface area (Å²) in [5.74, 6) is 0. The van der Waals surface area contributed by atoms with E-state index in [2.05, 4.69) is 20.1 Å². The van der Waals surface area contributed by atoms with Gasteiger partial charge in [0.15, 0.2) is 11.2 Å². The molecule has 1 aliphatic rings. The maximum atomic E-state index is 12.6. The highest BCUT2D eigenvalue weighted by molar-refractivity contribution is 5.65. The van der Waals surface area contributed by atoms with Crippen molar-refractivity contribution < 1.29 is 10.2 Å². The van der Waals surface area contributed by atoms with Gasteiger partial charge in [-0.25, -0.2) is 0 Å². The van der Waals surface area contributed by atoms with E-state index in [0.29, 0.717) is 22.3 Å². The van der Waals surface area contributed by atoms with E-state index in [1.165, 1.54) is 0 Å². The second kappa shape index (κ2) is 14.7. The summed E-state index contributed by atoms with van der Waals surface area (Å²) in [6.07, 6.45) is 12.0. The summed E-state index contributed by atoms with van der Waals surface area (Å²) >= 11 is 0. The van der Waals surface area contributed by atoms with Crippen molar-refractivity contribution in [2.75, 3.05) is 0 Å². The Morgan fingerprint density at radius 2 is 1.43 bits per heavy atom. The van der Waals surface area contributed by atoms with Crippen LogP contribution in [0.1, 0.15) is 79.9 Å². The van der Waals surface area contributed by atoms with Crippen molar-refractivity contribution >= 4 is 0 Å². The molecule has 0 radical (unpaired) electrons. The quantitative estimate of drug-likeness (QED) is 0.386. The van der Waals surface area contributed by atoms with Gasteiger partial charge < -0.3 is 10.2 Å². The molecule has 1 aliphatic carbocycles. The minimum absolute atomic E-state index is 0.586. The summed E-state index contributed by atoms with van der Waals surface area (Å²) in [6.45, 7) is 27.7. The van der Waals surface area contributed by atoms with E-state index in [0.717, 1.165) is 28.7 Å². The Morgan fingerprint density at radius 3 is 1.86 bits per heavy atom. The molecule has 35 heavy (non-hydrogen) atoms. The monoisotopic (exact) mass is 476 g/mol. The average molecular weight is 477 g/mol. The van der Waals surface area contributed by atoms with Gasteiger partial charge >= 0.3 is 0 Å². The molecular weight excluding hydrogens is 428 g/mol. The zero-order chi connectivity index (χ0) is 27.4. The Kier molecular flexibility index (Phi) is 13.5. The summed E-state index contributed by atoms with van der Waals surface area (Å²) in [6, 6.07) is 7.71. The fourth-order valence-corrected chi connectivity index (χ4v) is 4.30. The van der Waals surface area contributed by atoms with Gasteiger partial charge in [-0.15, -0.1) is 0 Å². The van der Waals surface area contributed by atoms with E-state index in [1.807, 2.05) is 117 Å². The molecule has 2 rings (SSSR count). The molecule has 0 bridgehead atoms. The average Bonchev–Trinajstić information content (AvgIpc) is 2.86. The second-order valence-corrected chi connectivity index (χ2v) is 8.30. The topological polar surface area (TPSA) is 40.5 Å². The van der Waals surface area contributed by atoms with Crippen LogP contribution in [0.25, 0.3) is 0 Å². The van der Waals surface area contributed by atoms with Crippen molar-refractivity contribution in [2.45, 2.75) is 86.9 Å². The summed E-state index contributed by atoms with van der Waals surface area (Å²) < 4.78 is 0. The number of hydrogen-bond acceptors (Lipinski definition) is 2. The standard InChI is InChI=1S/C29H36O2.2C2H6/c1-9-12-13-27-23(8)22(7)26(11-3)28(30,24(10-2)17-14-20(4)5)29(27,31)25-18-15-21(6)16-19-25;2*1-2/h10-19,30-31H,3-4,9H2,1-2,5-8H3;2*1-2H3/b13-12-,17-14-,24-10+;;. The van der Waals surface area contributed by atoms with Crippen LogP contribution in [0.3, 0.4) is 0 Å². The van der Waals surface area contributed by atoms with Crippen molar-refractivity contribution in [3.05, 3.63) is 118 Å². The van der Waals surface area contributed by atoms with Gasteiger partial charge in [-0.2, -0.15) is 0 Å². The molecule has 2 atom stereocenters. The van der Waals surface area contributed by atoms with Crippen LogP contribution in [0.2, 0.25) is 0 Å². The van der Waals surface area contributed by atoms with Gasteiger partial charge in [0.2, 0.25) is 0 Å². The molecule has 0 heterocycles. The van der Waals surface area contributed by atoms with Gasteiger partial charge in [0.05, 0.1) is 0 Å². The van der Waals surface area contributed by atoms with Gasteiger partial charge in [0, 0.05) is 0 Å². The summed E-state index contributed by atoms with van der Waals surface area (Å²) in [7, 11) is 0. The Bertz CT molecular complexity index is 1010. The Balaban J connectivity index is 0.00000274. The first kappa shape index (κ1) is 32.3. The highest BCUT2D eigenvalue weighted by atomic mass is 16.4. The molecule has 0 amide bonds. The zero-order valence-electron chi connectivity index (χ0n) is 23.8. The smallest absolute Gasteiger partial charge is 0.152 e. The van der Waals surface area contributed by atoms with Crippen molar-refractivity contribution in [1.82, 2.24) is 0 Å². The second-order valence-electron chi connectivity index (χ2n) is 8.30. The summed E-state index contributed by atoms with van der Waals surface area (Å²) in [5.41, 5.74) is 2.85. The zero-order valence-corrected chi connectivity index (χ0v) is 23.8. The van der Waals surface area contributed by atoms with Crippen LogP contribution in [0.15, 0.2) is 107 Å². The van der Waals surface area contributed by atoms with E-state index in [9.17, 15) is 10.2 Å². The van der Waals surface area contributed by atoms with Gasteiger partial charge in [-0.3, -0.25) is 0 Å². The molecular formula is C33H48O2. The third kappa shape index (κ3) is 6.31. The molecule has 0 aromatic heterocycles. The van der Waals surface area contributed by atoms with Crippen molar-refractivity contribution in [2.24, 2.45) is 0 Å². The first-order chi connectivity index (χ1) is 16.6. The maximum Gasteiger partial charge on any atom is 0.152 e. The highest BCUT2D eigenvalue weighted by Crippen LogP contribution is 2.54. The third-order valence-corrected chi connectivity index (χ3v) is 6.14. The van der Waals surface area contributed by atoms with Gasteiger partial charge in [0.25, 0.3) is 0 Å². The van der Waals surface area contributed by atoms with Crippen LogP contribution in [-0.4, -0.2) is 15.8 Å². The van der Waals surface area contributed by atoms with E-state index >= 15 is 0 Å². The van der Waals surface area contributed by atoms with E-state index in [-0.39, 0.29) is 0 Å². The lowest BCUT2D eigenvalue weighted by atomic mass is 9.60. The molecule has 1 aromatic rings. The normalized spacial score (nSPS) is 22.6. The number of rotatable bonds is 7. The van der Waals surface area contributed by atoms with Gasteiger partial charge in [-0.05, 0) is 74.5 Å². The Labute approximate surface area is 215 Å². The molecule has 2 unspecified atom stereocenters. The minimum atomic E-state index is -1.73. The number of allylic oxidation sites excluding steroid dienone is 6. The van der Waals surface area contributed by atoms with Crippen molar-refractivity contribution in [1.29, 1.82) is 0 Å². The van der Waals surface area contributed by atoms with Crippen LogP contribution in [0, 0.1) is 6.92 Å². The van der Waals surface area contributed by atoms with Crippen LogP contribution >= 0.6 is 0 Å². The van der Waals surface area contributed by atoms with Gasteiger partial charge in [-0.1, -0.05) is 120 Å². The fraction of sp³-hybridized carbons (Fsp3) is 0.394. The molecule has 0 spiro atoms. The number of aryl methyl sites for hydroxylation is 1. The van der Waals surface area contributed by atoms with Gasteiger partial charge in [0.1, 0.15) is 0 Å². The molecule has 0 aliphatic heterocycles. The Morgan fingerprint density at radius 1 is 0.914 bits per heavy atom. The lowest BCUT2D eigenvalue weighted by molar-refractivity contribution is -0.0862. The molecule has 2 N–H and O–H groups in total. The lowest BCUT2D eigenvalue weighted by Crippen LogP contribution is -2.57. The fourth-order valence-electron chi connectivity index (χ4n) is 4.30. The Hall–Kier alpha value is -2.68. The van der Waals surface area contributed by atoms with Crippen molar-refractivity contribution in [3.8, 4) is 0 Å². The van der Waals surface area contributed by atoms with Crippen molar-refractivity contribution in [3.63, 3.8) is 0 Å². The third-order valence-electron chi connectivity index (χ3n) is 6.14.